The zero-order valence-corrected chi connectivity index (χ0v) is 16.2. The van der Waals surface area contributed by atoms with Gasteiger partial charge in [-0.05, 0) is 50.9 Å². The molecule has 1 unspecified atom stereocenters. The number of hydrogen-bond donors (Lipinski definition) is 1. The molecule has 1 N–H and O–H groups in total. The molecule has 0 radical (unpaired) electrons. The van der Waals surface area contributed by atoms with Gasteiger partial charge >= 0.3 is 0 Å². The first-order chi connectivity index (χ1) is 13.6. The average molecular weight is 373 g/mol. The van der Waals surface area contributed by atoms with Crippen molar-refractivity contribution >= 4 is 22.1 Å². The fraction of sp³-hybridized carbons (Fsp3) is 0.304. The van der Waals surface area contributed by atoms with E-state index in [1.807, 2.05) is 24.3 Å². The Morgan fingerprint density at radius 3 is 2.79 bits per heavy atom. The lowest BCUT2D eigenvalue weighted by molar-refractivity contribution is 0.242. The van der Waals surface area contributed by atoms with Gasteiger partial charge in [0.15, 0.2) is 0 Å². The SMILES string of the molecule is Cc1cc(C)cc(C2CCCN2Cc2nc3c(oc4ccccc43)c(=O)[nH]2)c1. The van der Waals surface area contributed by atoms with Gasteiger partial charge in [0.1, 0.15) is 16.9 Å². The van der Waals surface area contributed by atoms with Gasteiger partial charge in [0.25, 0.3) is 5.56 Å². The molecule has 1 saturated heterocycles. The summed E-state index contributed by atoms with van der Waals surface area (Å²) >= 11 is 0. The number of H-pyrrole nitrogens is 1. The molecule has 0 saturated carbocycles. The number of aryl methyl sites for hydroxylation is 2. The van der Waals surface area contributed by atoms with E-state index < -0.39 is 0 Å². The van der Waals surface area contributed by atoms with Crippen LogP contribution in [0, 0.1) is 13.8 Å². The van der Waals surface area contributed by atoms with Gasteiger partial charge in [-0.25, -0.2) is 4.98 Å². The van der Waals surface area contributed by atoms with E-state index in [-0.39, 0.29) is 5.56 Å². The number of benzene rings is 2. The van der Waals surface area contributed by atoms with Crippen LogP contribution in [0.4, 0.5) is 0 Å². The van der Waals surface area contributed by atoms with Crippen molar-refractivity contribution in [1.29, 1.82) is 0 Å². The Bertz CT molecular complexity index is 1220. The summed E-state index contributed by atoms with van der Waals surface area (Å²) in [5, 5.41) is 0.886. The van der Waals surface area contributed by atoms with E-state index in [1.54, 1.807) is 0 Å². The maximum atomic E-state index is 12.6. The van der Waals surface area contributed by atoms with Crippen LogP contribution in [0.25, 0.3) is 22.1 Å². The summed E-state index contributed by atoms with van der Waals surface area (Å²) in [7, 11) is 0. The molecule has 1 aliphatic rings. The van der Waals surface area contributed by atoms with Gasteiger partial charge < -0.3 is 9.40 Å². The normalized spacial score (nSPS) is 17.7. The number of rotatable bonds is 3. The Kier molecular flexibility index (Phi) is 4.05. The van der Waals surface area contributed by atoms with Crippen molar-refractivity contribution in [1.82, 2.24) is 14.9 Å². The molecule has 2 aromatic carbocycles. The molecule has 2 aromatic heterocycles. The summed E-state index contributed by atoms with van der Waals surface area (Å²) in [5.74, 6) is 0.695. The second kappa shape index (κ2) is 6.60. The quantitative estimate of drug-likeness (QED) is 0.569. The minimum absolute atomic E-state index is 0.210. The summed E-state index contributed by atoms with van der Waals surface area (Å²) in [6, 6.07) is 14.8. The average Bonchev–Trinajstić information content (AvgIpc) is 3.26. The zero-order chi connectivity index (χ0) is 19.3. The third kappa shape index (κ3) is 2.92. The third-order valence-corrected chi connectivity index (χ3v) is 5.63. The van der Waals surface area contributed by atoms with E-state index in [9.17, 15) is 4.79 Å². The molecule has 1 aliphatic heterocycles. The van der Waals surface area contributed by atoms with Crippen molar-refractivity contribution in [2.45, 2.75) is 39.3 Å². The van der Waals surface area contributed by atoms with Crippen LogP contribution < -0.4 is 5.56 Å². The van der Waals surface area contributed by atoms with E-state index in [2.05, 4.69) is 41.9 Å². The molecular formula is C23H23N3O2. The number of aromatic amines is 1. The molecule has 1 fully saturated rings. The smallest absolute Gasteiger partial charge is 0.294 e. The molecule has 0 amide bonds. The van der Waals surface area contributed by atoms with Crippen LogP contribution in [0.1, 0.15) is 41.4 Å². The number of likely N-dealkylation sites (tertiary alicyclic amines) is 1. The molecule has 0 aliphatic carbocycles. The van der Waals surface area contributed by atoms with Crippen LogP contribution in [0.3, 0.4) is 0 Å². The second-order valence-corrected chi connectivity index (χ2v) is 7.84. The Morgan fingerprint density at radius 2 is 1.96 bits per heavy atom. The van der Waals surface area contributed by atoms with E-state index in [0.29, 0.717) is 35.1 Å². The number of furan rings is 1. The van der Waals surface area contributed by atoms with Gasteiger partial charge in [-0.15, -0.1) is 0 Å². The molecule has 28 heavy (non-hydrogen) atoms. The molecule has 0 bridgehead atoms. The lowest BCUT2D eigenvalue weighted by Gasteiger charge is -2.25. The van der Waals surface area contributed by atoms with Crippen LogP contribution in [0.15, 0.2) is 51.7 Å². The molecule has 5 heteroatoms. The van der Waals surface area contributed by atoms with Crippen molar-refractivity contribution in [2.75, 3.05) is 6.54 Å². The van der Waals surface area contributed by atoms with Gasteiger partial charge in [0, 0.05) is 11.4 Å². The molecule has 4 aromatic rings. The highest BCUT2D eigenvalue weighted by Gasteiger charge is 2.27. The van der Waals surface area contributed by atoms with E-state index >= 15 is 0 Å². The topological polar surface area (TPSA) is 62.1 Å². The third-order valence-electron chi connectivity index (χ3n) is 5.63. The Morgan fingerprint density at radius 1 is 1.18 bits per heavy atom. The molecule has 1 atom stereocenters. The Labute approximate surface area is 163 Å². The predicted molar refractivity (Wildman–Crippen MR) is 110 cm³/mol. The summed E-state index contributed by atoms with van der Waals surface area (Å²) in [5.41, 5.74) is 5.38. The van der Waals surface area contributed by atoms with Crippen molar-refractivity contribution in [3.63, 3.8) is 0 Å². The van der Waals surface area contributed by atoms with Crippen molar-refractivity contribution in [3.8, 4) is 0 Å². The fourth-order valence-corrected chi connectivity index (χ4v) is 4.51. The maximum absolute atomic E-state index is 12.6. The van der Waals surface area contributed by atoms with E-state index in [4.69, 9.17) is 9.40 Å². The minimum atomic E-state index is -0.210. The summed E-state index contributed by atoms with van der Waals surface area (Å²) < 4.78 is 5.71. The van der Waals surface area contributed by atoms with Gasteiger partial charge in [-0.1, -0.05) is 41.5 Å². The van der Waals surface area contributed by atoms with Gasteiger partial charge in [0.2, 0.25) is 5.58 Å². The van der Waals surface area contributed by atoms with Gasteiger partial charge in [-0.3, -0.25) is 9.69 Å². The van der Waals surface area contributed by atoms with Crippen LogP contribution in [0.2, 0.25) is 0 Å². The van der Waals surface area contributed by atoms with Gasteiger partial charge in [0.05, 0.1) is 6.54 Å². The highest BCUT2D eigenvalue weighted by molar-refractivity contribution is 6.01. The first-order valence-corrected chi connectivity index (χ1v) is 9.81. The summed E-state index contributed by atoms with van der Waals surface area (Å²) in [6.07, 6.45) is 2.28. The van der Waals surface area contributed by atoms with Crippen molar-refractivity contribution in [2.24, 2.45) is 0 Å². The highest BCUT2D eigenvalue weighted by atomic mass is 16.3. The largest absolute Gasteiger partial charge is 0.449 e. The van der Waals surface area contributed by atoms with Crippen LogP contribution in [0.5, 0.6) is 0 Å². The van der Waals surface area contributed by atoms with Crippen LogP contribution in [-0.4, -0.2) is 21.4 Å². The van der Waals surface area contributed by atoms with E-state index in [1.165, 1.54) is 16.7 Å². The number of nitrogens with zero attached hydrogens (tertiary/aromatic N) is 2. The molecule has 5 rings (SSSR count). The molecule has 0 spiro atoms. The van der Waals surface area contributed by atoms with E-state index in [0.717, 1.165) is 24.8 Å². The second-order valence-electron chi connectivity index (χ2n) is 7.84. The van der Waals surface area contributed by atoms with Crippen LogP contribution >= 0.6 is 0 Å². The lowest BCUT2D eigenvalue weighted by Crippen LogP contribution is -2.25. The van der Waals surface area contributed by atoms with Crippen molar-refractivity contribution < 1.29 is 4.42 Å². The highest BCUT2D eigenvalue weighted by Crippen LogP contribution is 2.34. The standard InChI is InChI=1S/C23H23N3O2/c1-14-10-15(2)12-16(11-14)18-7-5-9-26(18)13-20-24-21-17-6-3-4-8-19(17)28-22(21)23(27)25-20/h3-4,6,8,10-12,18H,5,7,9,13H2,1-2H3,(H,24,25,27). The number of para-hydroxylation sites is 1. The molecule has 5 nitrogen and oxygen atoms in total. The predicted octanol–water partition coefficient (Wildman–Crippen LogP) is 4.62. The van der Waals surface area contributed by atoms with Gasteiger partial charge in [-0.2, -0.15) is 0 Å². The zero-order valence-electron chi connectivity index (χ0n) is 16.2. The van der Waals surface area contributed by atoms with Crippen molar-refractivity contribution in [3.05, 3.63) is 75.3 Å². The lowest BCUT2D eigenvalue weighted by atomic mass is 9.99. The fourth-order valence-electron chi connectivity index (χ4n) is 4.51. The summed E-state index contributed by atoms with van der Waals surface area (Å²) in [6.45, 7) is 5.92. The summed E-state index contributed by atoms with van der Waals surface area (Å²) in [4.78, 5) is 22.7. The number of hydrogen-bond acceptors (Lipinski definition) is 4. The first kappa shape index (κ1) is 17.2. The first-order valence-electron chi connectivity index (χ1n) is 9.81. The monoisotopic (exact) mass is 373 g/mol. The molecule has 142 valence electrons. The van der Waals surface area contributed by atoms with Crippen LogP contribution in [-0.2, 0) is 6.54 Å². The Balaban J connectivity index is 1.52. The number of nitrogens with one attached hydrogen (secondary N) is 1. The minimum Gasteiger partial charge on any atom is -0.449 e. The Hall–Kier alpha value is -2.92. The molecule has 3 heterocycles. The molecular weight excluding hydrogens is 350 g/mol. The maximum Gasteiger partial charge on any atom is 0.294 e. The number of fused-ring (bicyclic) bond motifs is 3. The number of aromatic nitrogens is 2.